The van der Waals surface area contributed by atoms with E-state index in [4.69, 9.17) is 4.74 Å². The summed E-state index contributed by atoms with van der Waals surface area (Å²) in [5.74, 6) is 1.00. The minimum Gasteiger partial charge on any atom is -0.378 e. The van der Waals surface area contributed by atoms with Gasteiger partial charge in [-0.05, 0) is 38.5 Å². The molecule has 0 aliphatic carbocycles. The van der Waals surface area contributed by atoms with Gasteiger partial charge < -0.3 is 15.0 Å². The first-order chi connectivity index (χ1) is 9.90. The maximum Gasteiger partial charge on any atom is 0.234 e. The largest absolute Gasteiger partial charge is 0.378 e. The highest BCUT2D eigenvalue weighted by Crippen LogP contribution is 2.19. The molecule has 1 aliphatic heterocycles. The molecule has 0 radical (unpaired) electrons. The average molecular weight is 318 g/mol. The molecule has 21 heavy (non-hydrogen) atoms. The Morgan fingerprint density at radius 3 is 2.90 bits per heavy atom. The Labute approximate surface area is 130 Å². The molecule has 122 valence electrons. The van der Waals surface area contributed by atoms with E-state index < -0.39 is 5.03 Å². The Bertz CT molecular complexity index is 367. The Kier molecular flexibility index (Phi) is 7.98. The van der Waals surface area contributed by atoms with Crippen molar-refractivity contribution in [1.29, 1.82) is 0 Å². The normalized spacial score (nSPS) is 24.3. The van der Waals surface area contributed by atoms with Crippen LogP contribution >= 0.6 is 11.8 Å². The van der Waals surface area contributed by atoms with E-state index in [0.29, 0.717) is 29.7 Å². The highest BCUT2D eigenvalue weighted by molar-refractivity contribution is 8.13. The molecular weight excluding hydrogens is 292 g/mol. The maximum absolute atomic E-state index is 10.4. The molecule has 0 saturated carbocycles. The summed E-state index contributed by atoms with van der Waals surface area (Å²) >= 11 is 1.25. The fourth-order valence-electron chi connectivity index (χ4n) is 2.63. The van der Waals surface area contributed by atoms with E-state index in [2.05, 4.69) is 36.2 Å². The fraction of sp³-hybridized carbons (Fsp3) is 0.923. The first kappa shape index (κ1) is 18.2. The zero-order chi connectivity index (χ0) is 15.8. The van der Waals surface area contributed by atoms with Gasteiger partial charge in [0.1, 0.15) is 0 Å². The standard InChI is InChI=1S/C13H26N4O3S/c1-10(6-14-13(21-4)15-17(18)19)7-16(3)8-12-5-11(2)20-9-12/h10-12H,5-9H2,1-4H3,(H,14,15). The Hall–Kier alpha value is -0.860. The third kappa shape index (κ3) is 7.63. The van der Waals surface area contributed by atoms with Crippen LogP contribution in [-0.2, 0) is 4.74 Å². The topological polar surface area (TPSA) is 80.0 Å². The summed E-state index contributed by atoms with van der Waals surface area (Å²) in [7, 11) is 2.11. The molecule has 1 heterocycles. The Balaban J connectivity index is 2.26. The van der Waals surface area contributed by atoms with Crippen molar-refractivity contribution in [2.24, 2.45) is 16.9 Å². The van der Waals surface area contributed by atoms with Crippen molar-refractivity contribution < 1.29 is 9.77 Å². The summed E-state index contributed by atoms with van der Waals surface area (Å²) in [5.41, 5.74) is 0. The van der Waals surface area contributed by atoms with E-state index in [1.807, 2.05) is 0 Å². The first-order valence-corrected chi connectivity index (χ1v) is 8.44. The van der Waals surface area contributed by atoms with Crippen LogP contribution in [0.3, 0.4) is 0 Å². The molecule has 0 aromatic heterocycles. The van der Waals surface area contributed by atoms with Gasteiger partial charge in [-0.1, -0.05) is 18.7 Å². The monoisotopic (exact) mass is 318 g/mol. The van der Waals surface area contributed by atoms with E-state index in [-0.39, 0.29) is 0 Å². The molecule has 0 spiro atoms. The van der Waals surface area contributed by atoms with E-state index in [9.17, 15) is 10.1 Å². The van der Waals surface area contributed by atoms with Gasteiger partial charge in [0.25, 0.3) is 0 Å². The number of rotatable bonds is 7. The van der Waals surface area contributed by atoms with Crippen molar-refractivity contribution in [3.63, 3.8) is 0 Å². The zero-order valence-corrected chi connectivity index (χ0v) is 14.1. The molecule has 3 atom stereocenters. The molecule has 0 bridgehead atoms. The summed E-state index contributed by atoms with van der Waals surface area (Å²) in [6.45, 7) is 7.75. The number of nitrogens with one attached hydrogen (secondary N) is 1. The predicted octanol–water partition coefficient (Wildman–Crippen LogP) is 1.48. The van der Waals surface area contributed by atoms with E-state index in [1.54, 1.807) is 6.26 Å². The van der Waals surface area contributed by atoms with Crippen LogP contribution in [0.4, 0.5) is 0 Å². The number of thioether (sulfide) groups is 1. The number of amidine groups is 1. The molecule has 1 rings (SSSR count). The molecule has 1 aliphatic rings. The Morgan fingerprint density at radius 1 is 1.67 bits per heavy atom. The number of hydrogen-bond donors (Lipinski definition) is 1. The summed E-state index contributed by atoms with van der Waals surface area (Å²) in [4.78, 5) is 12.7. The van der Waals surface area contributed by atoms with Gasteiger partial charge in [-0.2, -0.15) is 0 Å². The van der Waals surface area contributed by atoms with Crippen molar-refractivity contribution in [1.82, 2.24) is 10.2 Å². The van der Waals surface area contributed by atoms with Crippen molar-refractivity contribution in [3.05, 3.63) is 10.1 Å². The van der Waals surface area contributed by atoms with Gasteiger partial charge in [0.2, 0.25) is 5.17 Å². The van der Waals surface area contributed by atoms with Crippen LogP contribution in [0.5, 0.6) is 0 Å². The number of ether oxygens (including phenoxy) is 1. The quantitative estimate of drug-likeness (QED) is 0.331. The molecular formula is C13H26N4O3S. The maximum atomic E-state index is 10.4. The third-order valence-electron chi connectivity index (χ3n) is 3.44. The van der Waals surface area contributed by atoms with Crippen LogP contribution in [0.2, 0.25) is 0 Å². The highest BCUT2D eigenvalue weighted by Gasteiger charge is 2.23. The average Bonchev–Trinajstić information content (AvgIpc) is 2.79. The van der Waals surface area contributed by atoms with Crippen molar-refractivity contribution in [2.75, 3.05) is 39.5 Å². The number of nitro groups is 1. The summed E-state index contributed by atoms with van der Waals surface area (Å²) < 4.78 is 5.58. The molecule has 7 nitrogen and oxygen atoms in total. The second-order valence-corrected chi connectivity index (χ2v) is 6.60. The SMILES string of the molecule is CSC(=N[N+](=O)[O-])NCC(C)CN(C)CC1COC(C)C1. The van der Waals surface area contributed by atoms with Crippen LogP contribution < -0.4 is 5.32 Å². The minimum atomic E-state index is -0.670. The van der Waals surface area contributed by atoms with Gasteiger partial charge in [0, 0.05) is 19.6 Å². The van der Waals surface area contributed by atoms with Gasteiger partial charge in [-0.25, -0.2) is 10.1 Å². The predicted molar refractivity (Wildman–Crippen MR) is 86.1 cm³/mol. The van der Waals surface area contributed by atoms with Gasteiger partial charge in [-0.3, -0.25) is 0 Å². The lowest BCUT2D eigenvalue weighted by Gasteiger charge is -2.24. The number of hydrazone groups is 1. The smallest absolute Gasteiger partial charge is 0.234 e. The van der Waals surface area contributed by atoms with Crippen LogP contribution in [0.25, 0.3) is 0 Å². The highest BCUT2D eigenvalue weighted by atomic mass is 32.2. The lowest BCUT2D eigenvalue weighted by atomic mass is 10.1. The van der Waals surface area contributed by atoms with E-state index in [1.165, 1.54) is 11.8 Å². The third-order valence-corrected chi connectivity index (χ3v) is 4.06. The van der Waals surface area contributed by atoms with Crippen LogP contribution in [0.15, 0.2) is 5.10 Å². The van der Waals surface area contributed by atoms with Crippen molar-refractivity contribution in [2.45, 2.75) is 26.4 Å². The van der Waals surface area contributed by atoms with Crippen LogP contribution in [0, 0.1) is 22.0 Å². The van der Waals surface area contributed by atoms with E-state index >= 15 is 0 Å². The molecule has 1 saturated heterocycles. The lowest BCUT2D eigenvalue weighted by molar-refractivity contribution is -0.484. The van der Waals surface area contributed by atoms with Gasteiger partial charge in [0.05, 0.1) is 17.8 Å². The second kappa shape index (κ2) is 9.22. The van der Waals surface area contributed by atoms with E-state index in [0.717, 1.165) is 26.1 Å². The molecule has 1 fully saturated rings. The molecule has 0 aromatic rings. The summed E-state index contributed by atoms with van der Waals surface area (Å²) in [6.07, 6.45) is 3.28. The lowest BCUT2D eigenvalue weighted by Crippen LogP contribution is -2.35. The molecule has 1 N–H and O–H groups in total. The zero-order valence-electron chi connectivity index (χ0n) is 13.2. The van der Waals surface area contributed by atoms with Gasteiger partial charge >= 0.3 is 0 Å². The van der Waals surface area contributed by atoms with Crippen molar-refractivity contribution >= 4 is 16.9 Å². The van der Waals surface area contributed by atoms with Crippen LogP contribution in [-0.4, -0.2) is 60.7 Å². The minimum absolute atomic E-state index is 0.354. The second-order valence-electron chi connectivity index (χ2n) is 5.80. The first-order valence-electron chi connectivity index (χ1n) is 7.21. The van der Waals surface area contributed by atoms with Gasteiger partial charge in [0.15, 0.2) is 5.03 Å². The molecule has 0 amide bonds. The van der Waals surface area contributed by atoms with Crippen LogP contribution in [0.1, 0.15) is 20.3 Å². The molecule has 3 unspecified atom stereocenters. The molecule has 0 aromatic carbocycles. The number of hydrogen-bond acceptors (Lipinski definition) is 5. The Morgan fingerprint density at radius 2 is 2.38 bits per heavy atom. The fourth-order valence-corrected chi connectivity index (χ4v) is 3.01. The summed E-state index contributed by atoms with van der Waals surface area (Å²) in [6, 6.07) is 0. The molecule has 8 heteroatoms. The number of nitrogens with zero attached hydrogens (tertiary/aromatic N) is 3. The summed E-state index contributed by atoms with van der Waals surface area (Å²) in [5, 5.41) is 16.4. The van der Waals surface area contributed by atoms with Gasteiger partial charge in [-0.15, -0.1) is 0 Å². The van der Waals surface area contributed by atoms with Crippen molar-refractivity contribution in [3.8, 4) is 0 Å².